The molecule has 6 nitrogen and oxygen atoms in total. The summed E-state index contributed by atoms with van der Waals surface area (Å²) in [5.74, 6) is -0.0625. The van der Waals surface area contributed by atoms with Crippen molar-refractivity contribution in [2.24, 2.45) is 0 Å². The maximum absolute atomic E-state index is 10.0. The van der Waals surface area contributed by atoms with Crippen molar-refractivity contribution in [1.82, 2.24) is 19.9 Å². The van der Waals surface area contributed by atoms with Gasteiger partial charge in [-0.2, -0.15) is 0 Å². The number of benzene rings is 6. The van der Waals surface area contributed by atoms with Crippen LogP contribution in [-0.4, -0.2) is 30.8 Å². The van der Waals surface area contributed by atoms with E-state index in [4.69, 9.17) is 25.0 Å². The Labute approximate surface area is 342 Å². The zero-order valence-corrected chi connectivity index (χ0v) is 34.7. The molecule has 0 atom stereocenters. The molecule has 281 valence electrons. The van der Waals surface area contributed by atoms with Crippen LogP contribution in [0, 0.1) is 39.8 Å². The largest absolute Gasteiger partial charge is 0.512 e. The first-order chi connectivity index (χ1) is 26.5. The van der Waals surface area contributed by atoms with Gasteiger partial charge in [-0.15, -0.1) is 70.8 Å². The summed E-state index contributed by atoms with van der Waals surface area (Å²) < 4.78 is 0. The van der Waals surface area contributed by atoms with Crippen LogP contribution in [0.5, 0.6) is 0 Å². The number of hydrogen-bond donors (Lipinski definition) is 1. The summed E-state index contributed by atoms with van der Waals surface area (Å²) in [6, 6.07) is 51.8. The number of aromatic nitrogens is 4. The van der Waals surface area contributed by atoms with E-state index in [1.807, 2.05) is 60.7 Å². The van der Waals surface area contributed by atoms with Gasteiger partial charge in [0.25, 0.3) is 0 Å². The molecule has 0 spiro atoms. The monoisotopic (exact) mass is 911 g/mol. The third kappa shape index (κ3) is 10.5. The van der Waals surface area contributed by atoms with Crippen LogP contribution < -0.4 is 0 Å². The fourth-order valence-corrected chi connectivity index (χ4v) is 5.80. The van der Waals surface area contributed by atoms with E-state index in [-0.39, 0.29) is 31.6 Å². The number of carbonyl (C=O) groups is 1. The molecule has 0 saturated carbocycles. The minimum atomic E-state index is -0.125. The Bertz CT molecular complexity index is 2260. The molecule has 1 N–H and O–H groups in total. The fraction of sp³-hybridized carbons (Fsp3) is 0.122. The van der Waals surface area contributed by atoms with Crippen LogP contribution >= 0.6 is 0 Å². The quantitative estimate of drug-likeness (QED) is 0.105. The number of para-hydroxylation sites is 4. The van der Waals surface area contributed by atoms with Crippen molar-refractivity contribution in [2.75, 3.05) is 0 Å². The van der Waals surface area contributed by atoms with Gasteiger partial charge in [0, 0.05) is 37.6 Å². The number of nitrogens with zero attached hydrogens (tertiary/aromatic N) is 4. The number of allylic oxidation sites excluding steroid dienone is 2. The second-order valence-electron chi connectivity index (χ2n) is 13.5. The molecule has 0 aliphatic rings. The van der Waals surface area contributed by atoms with Gasteiger partial charge in [0.05, 0.1) is 39.2 Å². The van der Waals surface area contributed by atoms with Gasteiger partial charge in [0.1, 0.15) is 0 Å². The molecule has 6 aromatic carbocycles. The van der Waals surface area contributed by atoms with Gasteiger partial charge in [-0.05, 0) is 63.1 Å². The standard InChI is InChI=1S/2C22H17N2.C5H8O2.Ir/c2*1-15-7-11-17(12-8-15)21-22(18-13-9-16(2)10-14-18)24-20-6-4-3-5-19(20)23-21;1-4(6)3-5(2)7;/h2*3-13H,1-2H3;3,6H,1-2H3;/q2*-1;;. The second kappa shape index (κ2) is 18.9. The summed E-state index contributed by atoms with van der Waals surface area (Å²) >= 11 is 0. The Hall–Kier alpha value is -6.14. The molecular formula is C49H42IrN4O2-2. The van der Waals surface area contributed by atoms with E-state index in [9.17, 15) is 4.79 Å². The first kappa shape index (κ1) is 41.0. The summed E-state index contributed by atoms with van der Waals surface area (Å²) in [6.07, 6.45) is 1.17. The zero-order valence-electron chi connectivity index (χ0n) is 32.3. The smallest absolute Gasteiger partial charge is 0.155 e. The van der Waals surface area contributed by atoms with E-state index in [1.54, 1.807) is 0 Å². The second-order valence-corrected chi connectivity index (χ2v) is 13.5. The number of aliphatic hydroxyl groups is 1. The van der Waals surface area contributed by atoms with Crippen LogP contribution in [0.4, 0.5) is 0 Å². The Morgan fingerprint density at radius 1 is 0.482 bits per heavy atom. The fourth-order valence-electron chi connectivity index (χ4n) is 5.80. The van der Waals surface area contributed by atoms with E-state index < -0.39 is 0 Å². The average Bonchev–Trinajstić information content (AvgIpc) is 3.18. The summed E-state index contributed by atoms with van der Waals surface area (Å²) in [5.41, 5.74) is 16.1. The van der Waals surface area contributed by atoms with Gasteiger partial charge in [-0.3, -0.25) is 24.7 Å². The van der Waals surface area contributed by atoms with Crippen LogP contribution in [0.2, 0.25) is 0 Å². The zero-order chi connectivity index (χ0) is 38.9. The average molecular weight is 911 g/mol. The molecule has 0 amide bonds. The predicted molar refractivity (Wildman–Crippen MR) is 225 cm³/mol. The van der Waals surface area contributed by atoms with Crippen LogP contribution in [0.1, 0.15) is 36.1 Å². The molecule has 56 heavy (non-hydrogen) atoms. The minimum absolute atomic E-state index is 0. The third-order valence-corrected chi connectivity index (χ3v) is 8.65. The number of aliphatic hydroxyl groups excluding tert-OH is 1. The van der Waals surface area contributed by atoms with Gasteiger partial charge in [0.2, 0.25) is 0 Å². The molecule has 8 rings (SSSR count). The van der Waals surface area contributed by atoms with Crippen molar-refractivity contribution in [2.45, 2.75) is 41.5 Å². The van der Waals surface area contributed by atoms with Crippen molar-refractivity contribution in [1.29, 1.82) is 0 Å². The first-order valence-corrected chi connectivity index (χ1v) is 18.1. The molecule has 7 heteroatoms. The van der Waals surface area contributed by atoms with E-state index in [2.05, 4.69) is 113 Å². The number of fused-ring (bicyclic) bond motifs is 2. The van der Waals surface area contributed by atoms with E-state index in [1.165, 1.54) is 42.2 Å². The van der Waals surface area contributed by atoms with Crippen molar-refractivity contribution in [3.63, 3.8) is 0 Å². The Kier molecular flexibility index (Phi) is 13.9. The normalized spacial score (nSPS) is 10.8. The first-order valence-electron chi connectivity index (χ1n) is 18.1. The molecule has 0 bridgehead atoms. The number of rotatable bonds is 5. The van der Waals surface area contributed by atoms with Crippen molar-refractivity contribution in [3.8, 4) is 45.0 Å². The number of hydrogen-bond acceptors (Lipinski definition) is 6. The third-order valence-electron chi connectivity index (χ3n) is 8.65. The van der Waals surface area contributed by atoms with Gasteiger partial charge in [-0.1, -0.05) is 97.8 Å². The number of carbonyl (C=O) groups excluding carboxylic acids is 1. The minimum Gasteiger partial charge on any atom is -0.512 e. The molecule has 0 fully saturated rings. The van der Waals surface area contributed by atoms with E-state index in [0.29, 0.717) is 0 Å². The molecule has 0 aliphatic carbocycles. The van der Waals surface area contributed by atoms with Crippen LogP contribution in [0.3, 0.4) is 0 Å². The molecule has 2 heterocycles. The Morgan fingerprint density at radius 2 is 0.804 bits per heavy atom. The maximum Gasteiger partial charge on any atom is 0.155 e. The molecular weight excluding hydrogens is 869 g/mol. The van der Waals surface area contributed by atoms with Crippen LogP contribution in [0.25, 0.3) is 67.1 Å². The van der Waals surface area contributed by atoms with Crippen LogP contribution in [-0.2, 0) is 24.9 Å². The number of ketones is 1. The van der Waals surface area contributed by atoms with Crippen LogP contribution in [0.15, 0.2) is 145 Å². The van der Waals surface area contributed by atoms with Crippen molar-refractivity contribution >= 4 is 27.9 Å². The molecule has 0 saturated heterocycles. The van der Waals surface area contributed by atoms with E-state index >= 15 is 0 Å². The molecule has 0 unspecified atom stereocenters. The molecule has 1 radical (unpaired) electrons. The Morgan fingerprint density at radius 3 is 1.07 bits per heavy atom. The topological polar surface area (TPSA) is 88.9 Å². The summed E-state index contributed by atoms with van der Waals surface area (Å²) in [5, 5.41) is 8.36. The summed E-state index contributed by atoms with van der Waals surface area (Å²) in [4.78, 5) is 29.6. The van der Waals surface area contributed by atoms with Gasteiger partial charge < -0.3 is 5.11 Å². The van der Waals surface area contributed by atoms with E-state index in [0.717, 1.165) is 67.1 Å². The van der Waals surface area contributed by atoms with Crippen molar-refractivity contribution in [3.05, 3.63) is 180 Å². The summed E-state index contributed by atoms with van der Waals surface area (Å²) in [6.45, 7) is 11.1. The summed E-state index contributed by atoms with van der Waals surface area (Å²) in [7, 11) is 0. The van der Waals surface area contributed by atoms with Gasteiger partial charge in [0.15, 0.2) is 5.78 Å². The van der Waals surface area contributed by atoms with Crippen molar-refractivity contribution < 1.29 is 30.0 Å². The maximum atomic E-state index is 10.0. The van der Waals surface area contributed by atoms with Gasteiger partial charge >= 0.3 is 0 Å². The van der Waals surface area contributed by atoms with Gasteiger partial charge in [-0.25, -0.2) is 0 Å². The number of aryl methyl sites for hydroxylation is 4. The Balaban J connectivity index is 0.000000181. The molecule has 2 aromatic heterocycles. The molecule has 0 aliphatic heterocycles. The predicted octanol–water partition coefficient (Wildman–Crippen LogP) is 11.8. The molecule has 8 aromatic rings. The SMILES string of the molecule is CC(=O)C=C(C)O.Cc1c[c-]c(-c2nc3ccccc3nc2-c2ccc(C)cc2)cc1.Cc1c[c-]c(-c2nc3ccccc3nc2-c2ccc(C)cc2)cc1.[Ir].